The fourth-order valence-corrected chi connectivity index (χ4v) is 3.63. The summed E-state index contributed by atoms with van der Waals surface area (Å²) in [5.74, 6) is -1.24. The molecule has 0 fully saturated rings. The maximum Gasteiger partial charge on any atom is 0.337 e. The molecule has 0 aliphatic heterocycles. The summed E-state index contributed by atoms with van der Waals surface area (Å²) in [5.41, 5.74) is 2.65. The van der Waals surface area contributed by atoms with Gasteiger partial charge in [-0.3, -0.25) is 4.79 Å². The van der Waals surface area contributed by atoms with Crippen molar-refractivity contribution in [3.63, 3.8) is 0 Å². The zero-order chi connectivity index (χ0) is 25.8. The van der Waals surface area contributed by atoms with Crippen LogP contribution >= 0.6 is 0 Å². The van der Waals surface area contributed by atoms with Crippen molar-refractivity contribution in [1.82, 2.24) is 0 Å². The molecule has 2 N–H and O–H groups in total. The van der Waals surface area contributed by atoms with Gasteiger partial charge in [0.25, 0.3) is 0 Å². The van der Waals surface area contributed by atoms with Gasteiger partial charge in [0.05, 0.1) is 25.3 Å². The molecular formula is C27H35NO6. The molecule has 0 atom stereocenters. The second kappa shape index (κ2) is 10.3. The number of ether oxygens (including phenoxy) is 2. The van der Waals surface area contributed by atoms with Gasteiger partial charge < -0.3 is 19.9 Å². The molecule has 7 nitrogen and oxygen atoms in total. The molecule has 2 aromatic carbocycles. The van der Waals surface area contributed by atoms with Crippen molar-refractivity contribution in [2.45, 2.75) is 65.2 Å². The Morgan fingerprint density at radius 3 is 1.62 bits per heavy atom. The second-order valence-corrected chi connectivity index (χ2v) is 10.4. The van der Waals surface area contributed by atoms with Gasteiger partial charge in [-0.05, 0) is 52.1 Å². The Bertz CT molecular complexity index is 1020. The number of anilines is 1. The molecule has 0 saturated carbocycles. The molecule has 34 heavy (non-hydrogen) atoms. The number of hydrogen-bond donors (Lipinski definition) is 2. The number of rotatable bonds is 6. The van der Waals surface area contributed by atoms with Crippen LogP contribution in [0.25, 0.3) is 0 Å². The van der Waals surface area contributed by atoms with E-state index in [1.54, 1.807) is 0 Å². The van der Waals surface area contributed by atoms with Gasteiger partial charge in [0.15, 0.2) is 0 Å². The molecule has 0 heterocycles. The van der Waals surface area contributed by atoms with Gasteiger partial charge in [0.2, 0.25) is 5.91 Å². The van der Waals surface area contributed by atoms with E-state index in [4.69, 9.17) is 9.47 Å². The molecule has 7 heteroatoms. The zero-order valence-corrected chi connectivity index (χ0v) is 21.3. The third-order valence-electron chi connectivity index (χ3n) is 5.49. The first-order valence-corrected chi connectivity index (χ1v) is 11.2. The first kappa shape index (κ1) is 26.9. The summed E-state index contributed by atoms with van der Waals surface area (Å²) in [6.45, 7) is 12.2. The van der Waals surface area contributed by atoms with Crippen LogP contribution in [0, 0.1) is 0 Å². The van der Waals surface area contributed by atoms with Crippen LogP contribution in [0.2, 0.25) is 0 Å². The van der Waals surface area contributed by atoms with Crippen molar-refractivity contribution < 1.29 is 29.0 Å². The summed E-state index contributed by atoms with van der Waals surface area (Å²) in [6, 6.07) is 8.15. The summed E-state index contributed by atoms with van der Waals surface area (Å²) in [5, 5.41) is 13.6. The van der Waals surface area contributed by atoms with Crippen molar-refractivity contribution in [3.8, 4) is 5.75 Å². The topological polar surface area (TPSA) is 102 Å². The summed E-state index contributed by atoms with van der Waals surface area (Å²) < 4.78 is 9.47. The number of methoxy groups -OCH3 is 2. The van der Waals surface area contributed by atoms with E-state index in [0.717, 1.165) is 16.7 Å². The molecule has 0 aromatic heterocycles. The molecule has 2 rings (SSSR count). The lowest BCUT2D eigenvalue weighted by molar-refractivity contribution is -0.116. The van der Waals surface area contributed by atoms with Crippen molar-refractivity contribution in [3.05, 3.63) is 58.1 Å². The smallest absolute Gasteiger partial charge is 0.337 e. The largest absolute Gasteiger partial charge is 0.507 e. The van der Waals surface area contributed by atoms with Gasteiger partial charge in [-0.15, -0.1) is 0 Å². The zero-order valence-electron chi connectivity index (χ0n) is 21.3. The van der Waals surface area contributed by atoms with E-state index in [2.05, 4.69) is 5.32 Å². The first-order valence-electron chi connectivity index (χ1n) is 11.2. The molecule has 1 amide bonds. The monoisotopic (exact) mass is 469 g/mol. The minimum absolute atomic E-state index is 0.129. The lowest BCUT2D eigenvalue weighted by Crippen LogP contribution is -2.18. The van der Waals surface area contributed by atoms with E-state index in [-0.39, 0.29) is 34.3 Å². The Morgan fingerprint density at radius 1 is 0.794 bits per heavy atom. The van der Waals surface area contributed by atoms with E-state index in [1.807, 2.05) is 53.7 Å². The van der Waals surface area contributed by atoms with E-state index >= 15 is 0 Å². The van der Waals surface area contributed by atoms with Crippen LogP contribution in [-0.4, -0.2) is 37.2 Å². The first-order chi connectivity index (χ1) is 15.7. The fourth-order valence-electron chi connectivity index (χ4n) is 3.63. The second-order valence-electron chi connectivity index (χ2n) is 10.4. The molecule has 0 aliphatic carbocycles. The van der Waals surface area contributed by atoms with Gasteiger partial charge in [-0.1, -0.05) is 53.7 Å². The van der Waals surface area contributed by atoms with Crippen molar-refractivity contribution in [2.24, 2.45) is 0 Å². The molecule has 0 saturated heterocycles. The van der Waals surface area contributed by atoms with Gasteiger partial charge in [0.1, 0.15) is 5.75 Å². The maximum absolute atomic E-state index is 12.7. The molecule has 0 radical (unpaired) electrons. The Labute approximate surface area is 201 Å². The highest BCUT2D eigenvalue weighted by molar-refractivity contribution is 5.99. The van der Waals surface area contributed by atoms with Gasteiger partial charge in [0, 0.05) is 12.1 Å². The standard InChI is InChI=1S/C27H35NO6/c1-26(2,3)20-11-16(12-21(23(20)30)27(4,5)6)9-10-22(29)28-19-14-17(24(31)33-7)13-18(15-19)25(32)34-8/h11-15,30H,9-10H2,1-8H3,(H,28,29). The van der Waals surface area contributed by atoms with Crippen LogP contribution in [0.3, 0.4) is 0 Å². The molecule has 0 unspecified atom stereocenters. The maximum atomic E-state index is 12.7. The summed E-state index contributed by atoms with van der Waals surface area (Å²) in [6.07, 6.45) is 0.632. The molecular weight excluding hydrogens is 434 g/mol. The van der Waals surface area contributed by atoms with Crippen molar-refractivity contribution >= 4 is 23.5 Å². The molecule has 0 spiro atoms. The number of amides is 1. The highest BCUT2D eigenvalue weighted by atomic mass is 16.5. The minimum atomic E-state index is -0.630. The number of esters is 2. The number of carbonyl (C=O) groups excluding carboxylic acids is 3. The fraction of sp³-hybridized carbons (Fsp3) is 0.444. The van der Waals surface area contributed by atoms with E-state index < -0.39 is 11.9 Å². The summed E-state index contributed by atoms with van der Waals surface area (Å²) in [7, 11) is 2.47. The number of phenolic OH excluding ortho intramolecular Hbond substituents is 1. The van der Waals surface area contributed by atoms with E-state index in [1.165, 1.54) is 32.4 Å². The predicted molar refractivity (Wildman–Crippen MR) is 132 cm³/mol. The lowest BCUT2D eigenvalue weighted by Gasteiger charge is -2.28. The lowest BCUT2D eigenvalue weighted by atomic mass is 9.78. The molecule has 184 valence electrons. The average Bonchev–Trinajstić information content (AvgIpc) is 2.75. The summed E-state index contributed by atoms with van der Waals surface area (Å²) in [4.78, 5) is 36.7. The van der Waals surface area contributed by atoms with Crippen LogP contribution in [0.4, 0.5) is 5.69 Å². The molecule has 2 aromatic rings. The van der Waals surface area contributed by atoms with Crippen LogP contribution in [0.5, 0.6) is 5.75 Å². The number of hydrogen-bond acceptors (Lipinski definition) is 6. The molecule has 0 aliphatic rings. The number of aromatic hydroxyl groups is 1. The Balaban J connectivity index is 2.28. The van der Waals surface area contributed by atoms with Gasteiger partial charge in [-0.25, -0.2) is 9.59 Å². The van der Waals surface area contributed by atoms with E-state index in [9.17, 15) is 19.5 Å². The third-order valence-corrected chi connectivity index (χ3v) is 5.49. The number of carbonyl (C=O) groups is 3. The minimum Gasteiger partial charge on any atom is -0.507 e. The van der Waals surface area contributed by atoms with Crippen LogP contribution in [-0.2, 0) is 31.5 Å². The Kier molecular flexibility index (Phi) is 8.14. The third kappa shape index (κ3) is 6.59. The van der Waals surface area contributed by atoms with Crippen LogP contribution in [0.15, 0.2) is 30.3 Å². The SMILES string of the molecule is COC(=O)c1cc(NC(=O)CCc2cc(C(C)(C)C)c(O)c(C(C)(C)C)c2)cc(C(=O)OC)c1. The predicted octanol–water partition coefficient (Wildman–Crippen LogP) is 5.13. The summed E-state index contributed by atoms with van der Waals surface area (Å²) >= 11 is 0. The van der Waals surface area contributed by atoms with Gasteiger partial charge in [-0.2, -0.15) is 0 Å². The quantitative estimate of drug-likeness (QED) is 0.569. The Morgan fingerprint density at radius 2 is 1.24 bits per heavy atom. The number of aryl methyl sites for hydroxylation is 1. The van der Waals surface area contributed by atoms with Crippen molar-refractivity contribution in [1.29, 1.82) is 0 Å². The Hall–Kier alpha value is -3.35. The van der Waals surface area contributed by atoms with E-state index in [0.29, 0.717) is 17.9 Å². The number of phenols is 1. The van der Waals surface area contributed by atoms with Crippen LogP contribution < -0.4 is 5.32 Å². The normalized spacial score (nSPS) is 11.6. The highest BCUT2D eigenvalue weighted by Gasteiger charge is 2.26. The van der Waals surface area contributed by atoms with Crippen molar-refractivity contribution in [2.75, 3.05) is 19.5 Å². The highest BCUT2D eigenvalue weighted by Crippen LogP contribution is 2.40. The number of benzene rings is 2. The van der Waals surface area contributed by atoms with Crippen LogP contribution in [0.1, 0.15) is 85.4 Å². The average molecular weight is 470 g/mol. The number of nitrogens with one attached hydrogen (secondary N) is 1. The molecule has 0 bridgehead atoms. The van der Waals surface area contributed by atoms with Gasteiger partial charge >= 0.3 is 11.9 Å².